The predicted molar refractivity (Wildman–Crippen MR) is 117 cm³/mol. The number of hydrogen-bond donors (Lipinski definition) is 3. The highest BCUT2D eigenvalue weighted by molar-refractivity contribution is 5.98. The fraction of sp³-hybridized carbons (Fsp3) is 0.739. The Hall–Kier alpha value is -2.22. The maximum Gasteiger partial charge on any atom is 0.220 e. The molecule has 2 unspecified atom stereocenters. The highest BCUT2D eigenvalue weighted by Gasteiger charge is 2.28. The molecule has 1 saturated heterocycles. The average Bonchev–Trinajstić information content (AvgIpc) is 3.20. The lowest BCUT2D eigenvalue weighted by Crippen LogP contribution is -2.31. The van der Waals surface area contributed by atoms with Gasteiger partial charge in [0.25, 0.3) is 0 Å². The second-order valence-corrected chi connectivity index (χ2v) is 9.12. The summed E-state index contributed by atoms with van der Waals surface area (Å²) in [6.45, 7) is 3.37. The summed E-state index contributed by atoms with van der Waals surface area (Å²) in [5.74, 6) is 0.348. The van der Waals surface area contributed by atoms with E-state index in [4.69, 9.17) is 15.1 Å². The quantitative estimate of drug-likeness (QED) is 0.487. The molecule has 2 aliphatic rings. The SMILES string of the molecule is CC(CCC(=O)NCC(=O)c1oc(C2CCCNC2)nc1CC1CCCCC1)C(N)=O. The van der Waals surface area contributed by atoms with Crippen LogP contribution in [0.15, 0.2) is 4.42 Å². The fourth-order valence-electron chi connectivity index (χ4n) is 4.47. The molecule has 1 aliphatic heterocycles. The topological polar surface area (TPSA) is 127 Å². The first-order valence-electron chi connectivity index (χ1n) is 11.7. The minimum Gasteiger partial charge on any atom is -0.437 e. The Bertz CT molecular complexity index is 764. The van der Waals surface area contributed by atoms with Gasteiger partial charge in [0.1, 0.15) is 0 Å². The van der Waals surface area contributed by atoms with Crippen LogP contribution in [0.2, 0.25) is 0 Å². The van der Waals surface area contributed by atoms with Gasteiger partial charge in [-0.15, -0.1) is 0 Å². The molecule has 0 bridgehead atoms. The molecule has 8 heteroatoms. The van der Waals surface area contributed by atoms with Crippen LogP contribution in [0, 0.1) is 11.8 Å². The molecular weight excluding hydrogens is 396 g/mol. The number of piperidine rings is 1. The van der Waals surface area contributed by atoms with Gasteiger partial charge in [0.15, 0.2) is 11.7 Å². The van der Waals surface area contributed by atoms with E-state index in [0.717, 1.165) is 50.9 Å². The Labute approximate surface area is 184 Å². The summed E-state index contributed by atoms with van der Waals surface area (Å²) < 4.78 is 6.01. The largest absolute Gasteiger partial charge is 0.437 e. The first-order chi connectivity index (χ1) is 14.9. The van der Waals surface area contributed by atoms with Crippen molar-refractivity contribution in [2.75, 3.05) is 19.6 Å². The number of carbonyl (C=O) groups excluding carboxylic acids is 3. The number of nitrogens with zero attached hydrogens (tertiary/aromatic N) is 1. The number of Topliss-reactive ketones (excluding diaryl/α,β-unsaturated/α-hetero) is 1. The fourth-order valence-corrected chi connectivity index (χ4v) is 4.47. The molecule has 4 N–H and O–H groups in total. The molecule has 2 fully saturated rings. The van der Waals surface area contributed by atoms with Gasteiger partial charge in [0.05, 0.1) is 12.2 Å². The number of nitrogens with two attached hydrogens (primary N) is 1. The molecule has 1 saturated carbocycles. The van der Waals surface area contributed by atoms with Crippen LogP contribution in [-0.4, -0.2) is 42.2 Å². The molecule has 2 atom stereocenters. The van der Waals surface area contributed by atoms with E-state index in [0.29, 0.717) is 24.0 Å². The molecule has 0 radical (unpaired) electrons. The number of hydrogen-bond acceptors (Lipinski definition) is 6. The van der Waals surface area contributed by atoms with Gasteiger partial charge in [-0.25, -0.2) is 4.98 Å². The van der Waals surface area contributed by atoms with Crippen LogP contribution in [0.1, 0.15) is 92.8 Å². The van der Waals surface area contributed by atoms with Crippen molar-refractivity contribution in [3.05, 3.63) is 17.3 Å². The minimum atomic E-state index is -0.428. The summed E-state index contributed by atoms with van der Waals surface area (Å²) in [5, 5.41) is 6.02. The van der Waals surface area contributed by atoms with E-state index in [1.807, 2.05) is 0 Å². The number of primary amides is 1. The van der Waals surface area contributed by atoms with Gasteiger partial charge in [-0.2, -0.15) is 0 Å². The van der Waals surface area contributed by atoms with Gasteiger partial charge in [-0.3, -0.25) is 14.4 Å². The second kappa shape index (κ2) is 11.4. The van der Waals surface area contributed by atoms with Gasteiger partial charge in [-0.1, -0.05) is 39.0 Å². The number of oxazole rings is 1. The number of nitrogens with one attached hydrogen (secondary N) is 2. The summed E-state index contributed by atoms with van der Waals surface area (Å²) in [4.78, 5) is 40.9. The third-order valence-electron chi connectivity index (χ3n) is 6.56. The van der Waals surface area contributed by atoms with E-state index in [1.165, 1.54) is 19.3 Å². The minimum absolute atomic E-state index is 0.126. The standard InChI is InChI=1S/C23H36N4O4/c1-15(22(24)30)9-10-20(29)26-14-19(28)21-18(12-16-6-3-2-4-7-16)27-23(31-21)17-8-5-11-25-13-17/h15-17,25H,2-14H2,1H3,(H2,24,30)(H,26,29). The lowest BCUT2D eigenvalue weighted by molar-refractivity contribution is -0.123. The van der Waals surface area contributed by atoms with Crippen molar-refractivity contribution in [2.45, 2.75) is 77.0 Å². The zero-order valence-corrected chi connectivity index (χ0v) is 18.6. The van der Waals surface area contributed by atoms with Crippen molar-refractivity contribution in [1.29, 1.82) is 0 Å². The first kappa shape index (κ1) is 23.4. The van der Waals surface area contributed by atoms with Gasteiger partial charge in [0, 0.05) is 24.8 Å². The highest BCUT2D eigenvalue weighted by atomic mass is 16.4. The number of ketones is 1. The molecule has 2 amide bonds. The Kier molecular flexibility index (Phi) is 8.63. The average molecular weight is 433 g/mol. The molecule has 0 spiro atoms. The molecule has 1 aromatic rings. The second-order valence-electron chi connectivity index (χ2n) is 9.12. The molecule has 1 aromatic heterocycles. The van der Waals surface area contributed by atoms with Crippen molar-refractivity contribution >= 4 is 17.6 Å². The molecule has 0 aromatic carbocycles. The van der Waals surface area contributed by atoms with Crippen LogP contribution in [-0.2, 0) is 16.0 Å². The molecule has 2 heterocycles. The number of rotatable bonds is 10. The van der Waals surface area contributed by atoms with E-state index < -0.39 is 5.91 Å². The maximum absolute atomic E-state index is 12.9. The lowest BCUT2D eigenvalue weighted by atomic mass is 9.86. The Morgan fingerprint density at radius 2 is 1.97 bits per heavy atom. The Morgan fingerprint density at radius 3 is 2.65 bits per heavy atom. The summed E-state index contributed by atoms with van der Waals surface area (Å²) >= 11 is 0. The van der Waals surface area contributed by atoms with Crippen molar-refractivity contribution in [3.8, 4) is 0 Å². The van der Waals surface area contributed by atoms with Crippen molar-refractivity contribution in [1.82, 2.24) is 15.6 Å². The number of carbonyl (C=O) groups is 3. The zero-order chi connectivity index (χ0) is 22.2. The third-order valence-corrected chi connectivity index (χ3v) is 6.56. The molecule has 8 nitrogen and oxygen atoms in total. The van der Waals surface area contributed by atoms with E-state index in [2.05, 4.69) is 10.6 Å². The van der Waals surface area contributed by atoms with E-state index in [1.54, 1.807) is 6.92 Å². The molecular formula is C23H36N4O4. The molecule has 172 valence electrons. The summed E-state index contributed by atoms with van der Waals surface area (Å²) in [6, 6.07) is 0. The van der Waals surface area contributed by atoms with Crippen LogP contribution in [0.5, 0.6) is 0 Å². The third kappa shape index (κ3) is 6.89. The number of amides is 2. The van der Waals surface area contributed by atoms with Crippen LogP contribution in [0.4, 0.5) is 0 Å². The maximum atomic E-state index is 12.9. The molecule has 1 aliphatic carbocycles. The van der Waals surface area contributed by atoms with Gasteiger partial charge >= 0.3 is 0 Å². The Balaban J connectivity index is 1.63. The van der Waals surface area contributed by atoms with Crippen molar-refractivity contribution < 1.29 is 18.8 Å². The summed E-state index contributed by atoms with van der Waals surface area (Å²) in [6.07, 6.45) is 9.40. The molecule has 31 heavy (non-hydrogen) atoms. The van der Waals surface area contributed by atoms with Crippen LogP contribution in [0.25, 0.3) is 0 Å². The smallest absolute Gasteiger partial charge is 0.220 e. The zero-order valence-electron chi connectivity index (χ0n) is 18.6. The van der Waals surface area contributed by atoms with E-state index >= 15 is 0 Å². The van der Waals surface area contributed by atoms with E-state index in [9.17, 15) is 14.4 Å². The molecule has 3 rings (SSSR count). The first-order valence-corrected chi connectivity index (χ1v) is 11.7. The normalized spacial score (nSPS) is 20.9. The van der Waals surface area contributed by atoms with Crippen LogP contribution >= 0.6 is 0 Å². The van der Waals surface area contributed by atoms with Crippen molar-refractivity contribution in [2.24, 2.45) is 17.6 Å². The number of aromatic nitrogens is 1. The van der Waals surface area contributed by atoms with Gasteiger partial charge < -0.3 is 20.8 Å². The van der Waals surface area contributed by atoms with Crippen LogP contribution in [0.3, 0.4) is 0 Å². The van der Waals surface area contributed by atoms with Gasteiger partial charge in [0.2, 0.25) is 17.6 Å². The highest BCUT2D eigenvalue weighted by Crippen LogP contribution is 2.30. The summed E-state index contributed by atoms with van der Waals surface area (Å²) in [7, 11) is 0. The van der Waals surface area contributed by atoms with Crippen LogP contribution < -0.4 is 16.4 Å². The van der Waals surface area contributed by atoms with Crippen molar-refractivity contribution in [3.63, 3.8) is 0 Å². The monoisotopic (exact) mass is 432 g/mol. The predicted octanol–water partition coefficient (Wildman–Crippen LogP) is 2.46. The Morgan fingerprint density at radius 1 is 1.19 bits per heavy atom. The van der Waals surface area contributed by atoms with E-state index in [-0.39, 0.29) is 36.5 Å². The lowest BCUT2D eigenvalue weighted by Gasteiger charge is -2.20. The summed E-state index contributed by atoms with van der Waals surface area (Å²) in [5.41, 5.74) is 5.97. The van der Waals surface area contributed by atoms with Gasteiger partial charge in [-0.05, 0) is 38.1 Å².